The van der Waals surface area contributed by atoms with Crippen LogP contribution >= 0.6 is 0 Å². The lowest BCUT2D eigenvalue weighted by atomic mass is 9.98. The standard InChI is InChI=1S/C10H10F3NO/c11-10(12,13)8-5-6(15)1-2-7(8)9(14)3-4-9/h1-2,5,15H,3-4,14H2. The zero-order valence-electron chi connectivity index (χ0n) is 7.80. The Morgan fingerprint density at radius 3 is 2.33 bits per heavy atom. The first-order valence-corrected chi connectivity index (χ1v) is 4.52. The quantitative estimate of drug-likeness (QED) is 0.758. The molecule has 0 unspecified atom stereocenters. The van der Waals surface area contributed by atoms with Crippen molar-refractivity contribution in [2.24, 2.45) is 5.73 Å². The Labute approximate surface area is 84.5 Å². The molecule has 5 heteroatoms. The van der Waals surface area contributed by atoms with Crippen LogP contribution in [-0.4, -0.2) is 5.11 Å². The predicted molar refractivity (Wildman–Crippen MR) is 48.2 cm³/mol. The van der Waals surface area contributed by atoms with Gasteiger partial charge in [-0.25, -0.2) is 0 Å². The number of aromatic hydroxyl groups is 1. The Balaban J connectivity index is 2.55. The fraction of sp³-hybridized carbons (Fsp3) is 0.400. The summed E-state index contributed by atoms with van der Waals surface area (Å²) in [7, 11) is 0. The average molecular weight is 217 g/mol. The van der Waals surface area contributed by atoms with Gasteiger partial charge in [0.2, 0.25) is 0 Å². The molecule has 1 saturated carbocycles. The highest BCUT2D eigenvalue weighted by molar-refractivity contribution is 5.43. The Kier molecular flexibility index (Phi) is 1.98. The molecule has 15 heavy (non-hydrogen) atoms. The number of benzene rings is 1. The van der Waals surface area contributed by atoms with Crippen LogP contribution < -0.4 is 5.73 Å². The van der Waals surface area contributed by atoms with E-state index in [9.17, 15) is 13.2 Å². The Morgan fingerprint density at radius 1 is 1.27 bits per heavy atom. The molecule has 1 aromatic rings. The third-order valence-corrected chi connectivity index (χ3v) is 2.63. The van der Waals surface area contributed by atoms with Gasteiger partial charge in [0.15, 0.2) is 0 Å². The van der Waals surface area contributed by atoms with Crippen LogP contribution in [0.15, 0.2) is 18.2 Å². The van der Waals surface area contributed by atoms with Crippen molar-refractivity contribution in [1.82, 2.24) is 0 Å². The fourth-order valence-electron chi connectivity index (χ4n) is 1.60. The van der Waals surface area contributed by atoms with Crippen molar-refractivity contribution in [1.29, 1.82) is 0 Å². The molecule has 0 saturated heterocycles. The van der Waals surface area contributed by atoms with E-state index in [2.05, 4.69) is 0 Å². The molecule has 1 aliphatic rings. The number of hydrogen-bond donors (Lipinski definition) is 2. The first kappa shape index (κ1) is 10.3. The van der Waals surface area contributed by atoms with Crippen LogP contribution in [0.5, 0.6) is 5.75 Å². The first-order valence-electron chi connectivity index (χ1n) is 4.52. The molecule has 0 amide bonds. The molecule has 82 valence electrons. The summed E-state index contributed by atoms with van der Waals surface area (Å²) in [4.78, 5) is 0. The smallest absolute Gasteiger partial charge is 0.416 e. The maximum absolute atomic E-state index is 12.6. The Hall–Kier alpha value is -1.23. The van der Waals surface area contributed by atoms with E-state index in [1.165, 1.54) is 12.1 Å². The topological polar surface area (TPSA) is 46.2 Å². The van der Waals surface area contributed by atoms with Gasteiger partial charge < -0.3 is 10.8 Å². The van der Waals surface area contributed by atoms with Gasteiger partial charge in [-0.3, -0.25) is 0 Å². The van der Waals surface area contributed by atoms with Crippen LogP contribution in [0, 0.1) is 0 Å². The lowest BCUT2D eigenvalue weighted by Crippen LogP contribution is -2.23. The van der Waals surface area contributed by atoms with Crippen molar-refractivity contribution < 1.29 is 18.3 Å². The molecule has 1 aliphatic carbocycles. The van der Waals surface area contributed by atoms with Crippen molar-refractivity contribution in [3.05, 3.63) is 29.3 Å². The summed E-state index contributed by atoms with van der Waals surface area (Å²) < 4.78 is 37.9. The zero-order valence-corrected chi connectivity index (χ0v) is 7.80. The van der Waals surface area contributed by atoms with Crippen LogP contribution in [-0.2, 0) is 11.7 Å². The summed E-state index contributed by atoms with van der Waals surface area (Å²) in [6.45, 7) is 0. The van der Waals surface area contributed by atoms with Crippen LogP contribution in [0.4, 0.5) is 13.2 Å². The number of halogens is 3. The summed E-state index contributed by atoms with van der Waals surface area (Å²) in [6, 6.07) is 3.21. The van der Waals surface area contributed by atoms with Gasteiger partial charge in [0.25, 0.3) is 0 Å². The van der Waals surface area contributed by atoms with Crippen molar-refractivity contribution in [3.8, 4) is 5.75 Å². The molecule has 2 nitrogen and oxygen atoms in total. The molecular formula is C10H10F3NO. The van der Waals surface area contributed by atoms with Crippen LogP contribution in [0.25, 0.3) is 0 Å². The normalized spacial score (nSPS) is 18.9. The number of alkyl halides is 3. The molecule has 0 heterocycles. The SMILES string of the molecule is NC1(c2ccc(O)cc2C(F)(F)F)CC1. The Bertz CT molecular complexity index is 396. The van der Waals surface area contributed by atoms with Gasteiger partial charge in [-0.1, -0.05) is 6.07 Å². The number of phenolic OH excluding ortho intramolecular Hbond substituents is 1. The van der Waals surface area contributed by atoms with Gasteiger partial charge in [-0.05, 0) is 30.5 Å². The number of rotatable bonds is 1. The van der Waals surface area contributed by atoms with Crippen molar-refractivity contribution >= 4 is 0 Å². The van der Waals surface area contributed by atoms with Crippen LogP contribution in [0.3, 0.4) is 0 Å². The van der Waals surface area contributed by atoms with E-state index in [1.54, 1.807) is 0 Å². The van der Waals surface area contributed by atoms with Gasteiger partial charge >= 0.3 is 6.18 Å². The van der Waals surface area contributed by atoms with Gasteiger partial charge in [0.1, 0.15) is 5.75 Å². The highest BCUT2D eigenvalue weighted by atomic mass is 19.4. The average Bonchev–Trinajstić information content (AvgIpc) is 2.83. The number of phenols is 1. The minimum Gasteiger partial charge on any atom is -0.508 e. The maximum Gasteiger partial charge on any atom is 0.416 e. The summed E-state index contributed by atoms with van der Waals surface area (Å²) in [5.41, 5.74) is 4.13. The fourth-order valence-corrected chi connectivity index (χ4v) is 1.60. The molecular weight excluding hydrogens is 207 g/mol. The number of hydrogen-bond acceptors (Lipinski definition) is 2. The van der Waals surface area contributed by atoms with E-state index in [0.29, 0.717) is 12.8 Å². The third kappa shape index (κ3) is 1.79. The van der Waals surface area contributed by atoms with Crippen molar-refractivity contribution in [3.63, 3.8) is 0 Å². The second-order valence-electron chi connectivity index (χ2n) is 3.88. The van der Waals surface area contributed by atoms with E-state index in [1.807, 2.05) is 0 Å². The lowest BCUT2D eigenvalue weighted by Gasteiger charge is -2.17. The monoisotopic (exact) mass is 217 g/mol. The van der Waals surface area contributed by atoms with Crippen molar-refractivity contribution in [2.75, 3.05) is 0 Å². The minimum atomic E-state index is -4.47. The van der Waals surface area contributed by atoms with E-state index < -0.39 is 23.0 Å². The highest BCUT2D eigenvalue weighted by Crippen LogP contribution is 2.48. The molecule has 0 radical (unpaired) electrons. The van der Waals surface area contributed by atoms with Crippen LogP contribution in [0.2, 0.25) is 0 Å². The van der Waals surface area contributed by atoms with Crippen molar-refractivity contribution in [2.45, 2.75) is 24.6 Å². The molecule has 1 fully saturated rings. The van der Waals surface area contributed by atoms with Gasteiger partial charge in [0.05, 0.1) is 5.56 Å². The van der Waals surface area contributed by atoms with Crippen LogP contribution in [0.1, 0.15) is 24.0 Å². The summed E-state index contributed by atoms with van der Waals surface area (Å²) in [5.74, 6) is -0.393. The summed E-state index contributed by atoms with van der Waals surface area (Å²) >= 11 is 0. The summed E-state index contributed by atoms with van der Waals surface area (Å²) in [6.07, 6.45) is -3.36. The molecule has 0 spiro atoms. The van der Waals surface area contributed by atoms with Gasteiger partial charge in [0, 0.05) is 5.54 Å². The minimum absolute atomic E-state index is 0.0767. The van der Waals surface area contributed by atoms with E-state index in [-0.39, 0.29) is 5.56 Å². The second kappa shape index (κ2) is 2.88. The Morgan fingerprint density at radius 2 is 1.87 bits per heavy atom. The van der Waals surface area contributed by atoms with E-state index in [0.717, 1.165) is 6.07 Å². The zero-order chi connectivity index (χ0) is 11.3. The second-order valence-corrected chi connectivity index (χ2v) is 3.88. The molecule has 1 aromatic carbocycles. The van der Waals surface area contributed by atoms with Gasteiger partial charge in [-0.15, -0.1) is 0 Å². The number of nitrogens with two attached hydrogens (primary N) is 1. The molecule has 2 rings (SSSR count). The predicted octanol–water partition coefficient (Wildman–Crippen LogP) is 2.36. The molecule has 0 atom stereocenters. The van der Waals surface area contributed by atoms with Gasteiger partial charge in [-0.2, -0.15) is 13.2 Å². The summed E-state index contributed by atoms with van der Waals surface area (Å²) in [5, 5.41) is 9.05. The molecule has 0 bridgehead atoms. The molecule has 0 aliphatic heterocycles. The lowest BCUT2D eigenvalue weighted by molar-refractivity contribution is -0.138. The first-order chi connectivity index (χ1) is 6.83. The largest absolute Gasteiger partial charge is 0.508 e. The third-order valence-electron chi connectivity index (χ3n) is 2.63. The van der Waals surface area contributed by atoms with E-state index >= 15 is 0 Å². The molecule has 0 aromatic heterocycles. The molecule has 3 N–H and O–H groups in total. The maximum atomic E-state index is 12.6. The van der Waals surface area contributed by atoms with E-state index in [4.69, 9.17) is 10.8 Å². The highest BCUT2D eigenvalue weighted by Gasteiger charge is 2.46.